The first-order chi connectivity index (χ1) is 11.7. The Labute approximate surface area is 161 Å². The minimum Gasteiger partial charge on any atom is -0.318 e. The quantitative estimate of drug-likeness (QED) is 0.541. The molecule has 0 unspecified atom stereocenters. The summed E-state index contributed by atoms with van der Waals surface area (Å²) in [6.07, 6.45) is 1.92. The van der Waals surface area contributed by atoms with Crippen molar-refractivity contribution in [1.82, 2.24) is 14.4 Å². The lowest BCUT2D eigenvalue weighted by Gasteiger charge is -2.12. The van der Waals surface area contributed by atoms with Gasteiger partial charge in [0.05, 0.1) is 0 Å². The highest BCUT2D eigenvalue weighted by Gasteiger charge is 2.33. The maximum Gasteiger partial charge on any atom is 0.276 e. The number of likely N-dealkylation sites (N-methyl/N-ethyl adjacent to an activating group) is 2. The highest BCUT2D eigenvalue weighted by atomic mass is 79.9. The topological polar surface area (TPSA) is 28.5 Å². The number of carbonyl (C=O) groups excluding carboxylic acids is 1. The van der Waals surface area contributed by atoms with Gasteiger partial charge in [0.1, 0.15) is 5.70 Å². The Bertz CT molecular complexity index is 929. The van der Waals surface area contributed by atoms with Crippen LogP contribution in [0, 0.1) is 20.8 Å². The SMILES string of the molecule is Cc1cc(-n2c(C)cc(/C=C3/C(=O)N(C)C(=S)N3C)c2C)ccc1Br. The molecule has 2 heterocycles. The van der Waals surface area contributed by atoms with Crippen LogP contribution in [0.5, 0.6) is 0 Å². The molecule has 1 amide bonds. The minimum absolute atomic E-state index is 0.0724. The highest BCUT2D eigenvalue weighted by Crippen LogP contribution is 2.27. The minimum atomic E-state index is -0.0724. The predicted molar refractivity (Wildman–Crippen MR) is 109 cm³/mol. The van der Waals surface area contributed by atoms with Crippen molar-refractivity contribution < 1.29 is 4.79 Å². The van der Waals surface area contributed by atoms with Gasteiger partial charge in [0.15, 0.2) is 5.11 Å². The maximum absolute atomic E-state index is 12.4. The van der Waals surface area contributed by atoms with Crippen molar-refractivity contribution in [3.05, 3.63) is 56.9 Å². The summed E-state index contributed by atoms with van der Waals surface area (Å²) in [4.78, 5) is 15.7. The molecule has 1 aliphatic heterocycles. The standard InChI is InChI=1S/C19H20BrN3OS/c1-11-8-15(6-7-16(11)20)23-12(2)9-14(13(23)3)10-17-18(24)22(5)19(25)21(17)4/h6-10H,1-5H3/b17-10-. The first-order valence-corrected chi connectivity index (χ1v) is 9.15. The van der Waals surface area contributed by atoms with Crippen molar-refractivity contribution >= 4 is 45.2 Å². The lowest BCUT2D eigenvalue weighted by atomic mass is 10.2. The molecule has 0 aliphatic carbocycles. The molecule has 1 fully saturated rings. The number of amides is 1. The van der Waals surface area contributed by atoms with Gasteiger partial charge in [-0.1, -0.05) is 15.9 Å². The third-order valence-electron chi connectivity index (χ3n) is 4.62. The average Bonchev–Trinajstić information content (AvgIpc) is 2.94. The highest BCUT2D eigenvalue weighted by molar-refractivity contribution is 9.10. The van der Waals surface area contributed by atoms with Gasteiger partial charge in [0.2, 0.25) is 0 Å². The van der Waals surface area contributed by atoms with Gasteiger partial charge < -0.3 is 9.47 Å². The Hall–Kier alpha value is -1.92. The molecule has 130 valence electrons. The number of aryl methyl sites for hydroxylation is 2. The fourth-order valence-electron chi connectivity index (χ4n) is 3.14. The second-order valence-electron chi connectivity index (χ2n) is 6.33. The summed E-state index contributed by atoms with van der Waals surface area (Å²) in [5, 5.41) is 0.522. The first kappa shape index (κ1) is 17.9. The van der Waals surface area contributed by atoms with E-state index < -0.39 is 0 Å². The van der Waals surface area contributed by atoms with Crippen molar-refractivity contribution in [2.45, 2.75) is 20.8 Å². The molecule has 25 heavy (non-hydrogen) atoms. The van der Waals surface area contributed by atoms with E-state index in [1.807, 2.05) is 13.1 Å². The summed E-state index contributed by atoms with van der Waals surface area (Å²) >= 11 is 8.83. The Morgan fingerprint density at radius 1 is 1.08 bits per heavy atom. The fourth-order valence-corrected chi connectivity index (χ4v) is 3.56. The van der Waals surface area contributed by atoms with Crippen molar-refractivity contribution in [1.29, 1.82) is 0 Å². The molecular weight excluding hydrogens is 398 g/mol. The molecule has 6 heteroatoms. The van der Waals surface area contributed by atoms with E-state index in [1.54, 1.807) is 11.9 Å². The summed E-state index contributed by atoms with van der Waals surface area (Å²) in [7, 11) is 3.53. The van der Waals surface area contributed by atoms with E-state index >= 15 is 0 Å². The number of thiocarbonyl (C=S) groups is 1. The van der Waals surface area contributed by atoms with Crippen LogP contribution in [0.25, 0.3) is 11.8 Å². The van der Waals surface area contributed by atoms with E-state index in [9.17, 15) is 4.79 Å². The largest absolute Gasteiger partial charge is 0.318 e. The van der Waals surface area contributed by atoms with Gasteiger partial charge in [-0.3, -0.25) is 9.69 Å². The third-order valence-corrected chi connectivity index (χ3v) is 6.06. The smallest absolute Gasteiger partial charge is 0.276 e. The number of rotatable bonds is 2. The predicted octanol–water partition coefficient (Wildman–Crippen LogP) is 4.19. The molecule has 3 rings (SSSR count). The summed E-state index contributed by atoms with van der Waals surface area (Å²) in [5.74, 6) is -0.0724. The van der Waals surface area contributed by atoms with Crippen LogP contribution in [-0.2, 0) is 4.79 Å². The van der Waals surface area contributed by atoms with Crippen LogP contribution in [0.4, 0.5) is 0 Å². The van der Waals surface area contributed by atoms with E-state index in [0.717, 1.165) is 27.1 Å². The van der Waals surface area contributed by atoms with Crippen LogP contribution in [0.1, 0.15) is 22.5 Å². The van der Waals surface area contributed by atoms with Crippen LogP contribution in [0.2, 0.25) is 0 Å². The second-order valence-corrected chi connectivity index (χ2v) is 7.55. The van der Waals surface area contributed by atoms with Gasteiger partial charge in [0.25, 0.3) is 5.91 Å². The van der Waals surface area contributed by atoms with Gasteiger partial charge >= 0.3 is 0 Å². The normalized spacial score (nSPS) is 16.5. The van der Waals surface area contributed by atoms with Gasteiger partial charge in [-0.25, -0.2) is 0 Å². The average molecular weight is 418 g/mol. The van der Waals surface area contributed by atoms with Crippen molar-refractivity contribution in [3.63, 3.8) is 0 Å². The molecule has 1 saturated heterocycles. The van der Waals surface area contributed by atoms with E-state index in [0.29, 0.717) is 10.8 Å². The van der Waals surface area contributed by atoms with Gasteiger partial charge in [-0.2, -0.15) is 0 Å². The zero-order valence-electron chi connectivity index (χ0n) is 14.9. The molecule has 0 spiro atoms. The van der Waals surface area contributed by atoms with Gasteiger partial charge in [0, 0.05) is 35.6 Å². The Morgan fingerprint density at radius 3 is 2.32 bits per heavy atom. The van der Waals surface area contributed by atoms with Crippen molar-refractivity contribution in [2.24, 2.45) is 0 Å². The van der Waals surface area contributed by atoms with E-state index in [4.69, 9.17) is 12.2 Å². The van der Waals surface area contributed by atoms with E-state index in [-0.39, 0.29) is 5.91 Å². The second kappa shape index (κ2) is 6.42. The zero-order valence-corrected chi connectivity index (χ0v) is 17.3. The molecular formula is C19H20BrN3OS. The molecule has 0 atom stereocenters. The van der Waals surface area contributed by atoms with Crippen molar-refractivity contribution in [3.8, 4) is 5.69 Å². The molecule has 4 nitrogen and oxygen atoms in total. The number of carbonyl (C=O) groups is 1. The molecule has 1 aromatic heterocycles. The summed E-state index contributed by atoms with van der Waals surface area (Å²) in [5.41, 5.74) is 6.12. The molecule has 0 saturated carbocycles. The van der Waals surface area contributed by atoms with E-state index in [2.05, 4.69) is 65.5 Å². The lowest BCUT2D eigenvalue weighted by Crippen LogP contribution is -2.26. The molecule has 0 radical (unpaired) electrons. The molecule has 0 bridgehead atoms. The molecule has 1 aromatic carbocycles. The molecule has 0 N–H and O–H groups in total. The van der Waals surface area contributed by atoms with Crippen molar-refractivity contribution in [2.75, 3.05) is 14.1 Å². The van der Waals surface area contributed by atoms with Crippen LogP contribution in [-0.4, -0.2) is 39.5 Å². The van der Waals surface area contributed by atoms with Crippen LogP contribution >= 0.6 is 28.1 Å². The summed E-state index contributed by atoms with van der Waals surface area (Å²) < 4.78 is 3.29. The molecule has 1 aliphatic rings. The fraction of sp³-hybridized carbons (Fsp3) is 0.263. The number of hydrogen-bond acceptors (Lipinski definition) is 2. The number of halogens is 1. The summed E-state index contributed by atoms with van der Waals surface area (Å²) in [6, 6.07) is 8.39. The number of benzene rings is 1. The lowest BCUT2D eigenvalue weighted by molar-refractivity contribution is -0.121. The van der Waals surface area contributed by atoms with E-state index in [1.165, 1.54) is 10.5 Å². The number of nitrogens with zero attached hydrogens (tertiary/aromatic N) is 3. The Kier molecular flexibility index (Phi) is 4.60. The number of hydrogen-bond donors (Lipinski definition) is 0. The third kappa shape index (κ3) is 2.93. The molecule has 2 aromatic rings. The Morgan fingerprint density at radius 2 is 1.76 bits per heavy atom. The Balaban J connectivity index is 2.09. The van der Waals surface area contributed by atoms with Gasteiger partial charge in [-0.15, -0.1) is 0 Å². The maximum atomic E-state index is 12.4. The van der Waals surface area contributed by atoms with Crippen LogP contribution in [0.15, 0.2) is 34.4 Å². The van der Waals surface area contributed by atoms with Crippen LogP contribution in [0.3, 0.4) is 0 Å². The zero-order chi connectivity index (χ0) is 18.5. The van der Waals surface area contributed by atoms with Crippen LogP contribution < -0.4 is 0 Å². The first-order valence-electron chi connectivity index (χ1n) is 7.95. The number of aromatic nitrogens is 1. The summed E-state index contributed by atoms with van der Waals surface area (Å²) in [6.45, 7) is 6.22. The van der Waals surface area contributed by atoms with Gasteiger partial charge in [-0.05, 0) is 74.5 Å². The monoisotopic (exact) mass is 417 g/mol.